The smallest absolute Gasteiger partial charge is 0.258 e. The number of aromatic nitrogens is 2. The molecule has 0 atom stereocenters. The molecule has 6 nitrogen and oxygen atoms in total. The van der Waals surface area contributed by atoms with Gasteiger partial charge >= 0.3 is 0 Å². The lowest BCUT2D eigenvalue weighted by atomic mass is 10.1. The second-order valence-corrected chi connectivity index (χ2v) is 6.56. The van der Waals surface area contributed by atoms with E-state index in [9.17, 15) is 4.79 Å². The zero-order valence-corrected chi connectivity index (χ0v) is 16.0. The summed E-state index contributed by atoms with van der Waals surface area (Å²) in [7, 11) is 1.57. The molecular formula is C23H19N3O3. The predicted molar refractivity (Wildman–Crippen MR) is 111 cm³/mol. The van der Waals surface area contributed by atoms with Crippen molar-refractivity contribution >= 4 is 11.6 Å². The summed E-state index contributed by atoms with van der Waals surface area (Å²) in [6.45, 7) is 2.02. The Morgan fingerprint density at radius 3 is 2.55 bits per heavy atom. The highest BCUT2D eigenvalue weighted by molar-refractivity contribution is 6.04. The van der Waals surface area contributed by atoms with Crippen molar-refractivity contribution < 1.29 is 14.1 Å². The molecule has 0 unspecified atom stereocenters. The highest BCUT2D eigenvalue weighted by Gasteiger charge is 2.12. The van der Waals surface area contributed by atoms with E-state index in [-0.39, 0.29) is 5.91 Å². The number of ether oxygens (including phenoxy) is 1. The maximum atomic E-state index is 12.5. The molecule has 0 fully saturated rings. The number of anilines is 1. The minimum absolute atomic E-state index is 0.230. The van der Waals surface area contributed by atoms with Crippen molar-refractivity contribution in [2.45, 2.75) is 6.92 Å². The molecule has 0 aliphatic carbocycles. The van der Waals surface area contributed by atoms with E-state index < -0.39 is 0 Å². The Morgan fingerprint density at radius 1 is 0.966 bits per heavy atom. The molecule has 29 heavy (non-hydrogen) atoms. The maximum absolute atomic E-state index is 12.5. The van der Waals surface area contributed by atoms with Gasteiger partial charge in [0, 0.05) is 22.4 Å². The molecule has 0 aliphatic rings. The lowest BCUT2D eigenvalue weighted by molar-refractivity contribution is 0.102. The fourth-order valence-electron chi connectivity index (χ4n) is 2.86. The lowest BCUT2D eigenvalue weighted by Gasteiger charge is -2.07. The van der Waals surface area contributed by atoms with Gasteiger partial charge in [0.05, 0.1) is 7.11 Å². The van der Waals surface area contributed by atoms with Crippen LogP contribution in [0.4, 0.5) is 5.69 Å². The van der Waals surface area contributed by atoms with Crippen molar-refractivity contribution in [2.24, 2.45) is 0 Å². The molecule has 0 saturated carbocycles. The van der Waals surface area contributed by atoms with Crippen molar-refractivity contribution in [1.82, 2.24) is 10.1 Å². The van der Waals surface area contributed by atoms with Gasteiger partial charge in [-0.3, -0.25) is 4.79 Å². The van der Waals surface area contributed by atoms with Crippen LogP contribution >= 0.6 is 0 Å². The number of carbonyl (C=O) groups is 1. The number of nitrogens with zero attached hydrogens (tertiary/aromatic N) is 2. The largest absolute Gasteiger partial charge is 0.497 e. The summed E-state index contributed by atoms with van der Waals surface area (Å²) in [6, 6.07) is 22.2. The zero-order valence-electron chi connectivity index (χ0n) is 16.0. The van der Waals surface area contributed by atoms with Gasteiger partial charge in [-0.15, -0.1) is 0 Å². The second kappa shape index (κ2) is 7.98. The maximum Gasteiger partial charge on any atom is 0.258 e. The van der Waals surface area contributed by atoms with Crippen LogP contribution in [-0.4, -0.2) is 23.2 Å². The molecule has 0 aliphatic heterocycles. The fourth-order valence-corrected chi connectivity index (χ4v) is 2.86. The first-order valence-corrected chi connectivity index (χ1v) is 9.09. The Bertz CT molecular complexity index is 1150. The molecule has 0 bridgehead atoms. The van der Waals surface area contributed by atoms with E-state index in [1.54, 1.807) is 43.5 Å². The normalized spacial score (nSPS) is 10.6. The summed E-state index contributed by atoms with van der Waals surface area (Å²) >= 11 is 0. The zero-order chi connectivity index (χ0) is 20.2. The Balaban J connectivity index is 1.54. The van der Waals surface area contributed by atoms with Crippen molar-refractivity contribution in [1.29, 1.82) is 0 Å². The van der Waals surface area contributed by atoms with Gasteiger partial charge in [-0.05, 0) is 43.3 Å². The molecule has 144 valence electrons. The molecule has 4 aromatic rings. The third-order valence-electron chi connectivity index (χ3n) is 4.44. The van der Waals surface area contributed by atoms with Gasteiger partial charge in [0.25, 0.3) is 11.8 Å². The monoisotopic (exact) mass is 385 g/mol. The van der Waals surface area contributed by atoms with Crippen LogP contribution in [0.2, 0.25) is 0 Å². The van der Waals surface area contributed by atoms with Gasteiger partial charge in [-0.1, -0.05) is 47.1 Å². The van der Waals surface area contributed by atoms with E-state index >= 15 is 0 Å². The number of benzene rings is 3. The summed E-state index contributed by atoms with van der Waals surface area (Å²) in [5.41, 5.74) is 3.91. The van der Waals surface area contributed by atoms with Crippen LogP contribution in [0.3, 0.4) is 0 Å². The first-order valence-electron chi connectivity index (χ1n) is 9.09. The van der Waals surface area contributed by atoms with Gasteiger partial charge in [0.2, 0.25) is 5.82 Å². The number of nitrogens with one attached hydrogen (secondary N) is 1. The number of hydrogen-bond donors (Lipinski definition) is 1. The molecule has 0 saturated heterocycles. The van der Waals surface area contributed by atoms with Crippen molar-refractivity contribution in [2.75, 3.05) is 12.4 Å². The van der Waals surface area contributed by atoms with E-state index in [0.29, 0.717) is 28.7 Å². The van der Waals surface area contributed by atoms with Crippen LogP contribution in [0.5, 0.6) is 5.75 Å². The predicted octanol–water partition coefficient (Wildman–Crippen LogP) is 4.97. The van der Waals surface area contributed by atoms with Gasteiger partial charge in [0.15, 0.2) is 0 Å². The summed E-state index contributed by atoms with van der Waals surface area (Å²) in [6.07, 6.45) is 0. The van der Waals surface area contributed by atoms with Gasteiger partial charge in [0.1, 0.15) is 5.75 Å². The van der Waals surface area contributed by atoms with E-state index in [1.165, 1.54) is 0 Å². The number of amides is 1. The molecule has 1 aromatic heterocycles. The minimum atomic E-state index is -0.230. The molecule has 1 heterocycles. The quantitative estimate of drug-likeness (QED) is 0.525. The highest BCUT2D eigenvalue weighted by atomic mass is 16.5. The summed E-state index contributed by atoms with van der Waals surface area (Å²) in [5, 5.41) is 6.94. The lowest BCUT2D eigenvalue weighted by Crippen LogP contribution is -2.11. The van der Waals surface area contributed by atoms with Crippen LogP contribution < -0.4 is 10.1 Å². The van der Waals surface area contributed by atoms with E-state index in [4.69, 9.17) is 9.26 Å². The van der Waals surface area contributed by atoms with E-state index in [1.807, 2.05) is 43.3 Å². The molecule has 0 radical (unpaired) electrons. The third kappa shape index (κ3) is 4.16. The van der Waals surface area contributed by atoms with Crippen LogP contribution in [-0.2, 0) is 0 Å². The number of carbonyl (C=O) groups excluding carboxylic acids is 1. The van der Waals surface area contributed by atoms with Gasteiger partial charge in [-0.2, -0.15) is 4.98 Å². The Labute approximate surface area is 168 Å². The number of aryl methyl sites for hydroxylation is 1. The summed E-state index contributed by atoms with van der Waals surface area (Å²) < 4.78 is 10.6. The molecule has 6 heteroatoms. The Hall–Kier alpha value is -3.93. The standard InChI is InChI=1S/C23H19N3O3/c1-15-9-11-16(12-10-15)21-25-23(29-26-21)18-6-3-7-19(13-18)24-22(27)17-5-4-8-20(14-17)28-2/h3-14H,1-2H3,(H,24,27). The SMILES string of the molecule is COc1cccc(C(=O)Nc2cccc(-c3nc(-c4ccc(C)cc4)no3)c2)c1. The minimum Gasteiger partial charge on any atom is -0.497 e. The highest BCUT2D eigenvalue weighted by Crippen LogP contribution is 2.25. The first kappa shape index (κ1) is 18.4. The average molecular weight is 385 g/mol. The number of rotatable bonds is 5. The van der Waals surface area contributed by atoms with Crippen LogP contribution in [0.1, 0.15) is 15.9 Å². The Kier molecular flexibility index (Phi) is 5.07. The molecule has 1 amide bonds. The van der Waals surface area contributed by atoms with Crippen LogP contribution in [0.25, 0.3) is 22.8 Å². The molecule has 0 spiro atoms. The Morgan fingerprint density at radius 2 is 1.76 bits per heavy atom. The topological polar surface area (TPSA) is 77.2 Å². The molecule has 1 N–H and O–H groups in total. The molecule has 4 rings (SSSR count). The third-order valence-corrected chi connectivity index (χ3v) is 4.44. The molecule has 3 aromatic carbocycles. The number of hydrogen-bond acceptors (Lipinski definition) is 5. The van der Waals surface area contributed by atoms with Crippen molar-refractivity contribution in [3.05, 3.63) is 83.9 Å². The van der Waals surface area contributed by atoms with Gasteiger partial charge < -0.3 is 14.6 Å². The van der Waals surface area contributed by atoms with E-state index in [2.05, 4.69) is 15.5 Å². The van der Waals surface area contributed by atoms with Gasteiger partial charge in [-0.25, -0.2) is 0 Å². The molecular weight excluding hydrogens is 366 g/mol. The van der Waals surface area contributed by atoms with Crippen molar-refractivity contribution in [3.8, 4) is 28.6 Å². The van der Waals surface area contributed by atoms with Crippen LogP contribution in [0.15, 0.2) is 77.3 Å². The first-order chi connectivity index (χ1) is 14.1. The summed E-state index contributed by atoms with van der Waals surface area (Å²) in [5.74, 6) is 1.30. The van der Waals surface area contributed by atoms with Crippen molar-refractivity contribution in [3.63, 3.8) is 0 Å². The average Bonchev–Trinajstić information content (AvgIpc) is 3.25. The van der Waals surface area contributed by atoms with E-state index in [0.717, 1.165) is 16.7 Å². The second-order valence-electron chi connectivity index (χ2n) is 6.56. The van der Waals surface area contributed by atoms with Crippen LogP contribution in [0, 0.1) is 6.92 Å². The number of methoxy groups -OCH3 is 1. The fraction of sp³-hybridized carbons (Fsp3) is 0.0870. The summed E-state index contributed by atoms with van der Waals surface area (Å²) in [4.78, 5) is 17.0.